The average molecular weight is 422 g/mol. The molecule has 7 nitrogen and oxygen atoms in total. The zero-order valence-electron chi connectivity index (χ0n) is 11.5. The van der Waals surface area contributed by atoms with E-state index < -0.39 is 13.4 Å². The summed E-state index contributed by atoms with van der Waals surface area (Å²) < 4.78 is 0. The summed E-state index contributed by atoms with van der Waals surface area (Å²) in [5.41, 5.74) is 0. The third kappa shape index (κ3) is 74.5. The van der Waals surface area contributed by atoms with Crippen molar-refractivity contribution in [1.82, 2.24) is 0 Å². The van der Waals surface area contributed by atoms with Gasteiger partial charge >= 0.3 is 13.4 Å². The van der Waals surface area contributed by atoms with E-state index in [0.717, 1.165) is 19.1 Å². The van der Waals surface area contributed by atoms with Crippen LogP contribution in [0.2, 0.25) is 0 Å². The maximum Gasteiger partial charge on any atom is 0.319 e. The number of unbranched alkanes of at least 4 members (excludes halogenated alkanes) is 1. The maximum atomic E-state index is 10.2. The van der Waals surface area contributed by atoms with Crippen molar-refractivity contribution < 1.29 is 53.6 Å². The molecule has 0 saturated carbocycles. The second kappa shape index (κ2) is 16.7. The molecule has 0 heterocycles. The molecule has 1 unspecified atom stereocenters. The smallest absolute Gasteiger partial charge is 0.319 e. The SMILES string of the molecule is CCCCC(C=O)CC.OP(O)(O)=S.OP(O)(O)=S.[Zn]. The van der Waals surface area contributed by atoms with Crippen molar-refractivity contribution >= 4 is 43.3 Å². The first-order valence-corrected chi connectivity index (χ1v) is 10.7. The van der Waals surface area contributed by atoms with Gasteiger partial charge in [0.15, 0.2) is 0 Å². The molecule has 0 aromatic heterocycles. The summed E-state index contributed by atoms with van der Waals surface area (Å²) in [6, 6.07) is 0. The first-order valence-electron chi connectivity index (χ1n) is 5.36. The molecule has 0 aliphatic carbocycles. The van der Waals surface area contributed by atoms with Gasteiger partial charge in [-0.15, -0.1) is 0 Å². The van der Waals surface area contributed by atoms with Crippen molar-refractivity contribution in [3.63, 3.8) is 0 Å². The number of hydrogen-bond donors (Lipinski definition) is 6. The number of carbonyl (C=O) groups excluding carboxylic acids is 1. The first-order chi connectivity index (χ1) is 8.35. The van der Waals surface area contributed by atoms with Crippen LogP contribution >= 0.6 is 13.4 Å². The van der Waals surface area contributed by atoms with Crippen LogP contribution < -0.4 is 0 Å². The number of hydrogen-bond acceptors (Lipinski definition) is 3. The normalized spacial score (nSPS) is 11.8. The van der Waals surface area contributed by atoms with Gasteiger partial charge in [0.1, 0.15) is 6.29 Å². The van der Waals surface area contributed by atoms with Crippen LogP contribution in [0.3, 0.4) is 0 Å². The standard InChI is InChI=1S/C8H16O.2H3O3PS.Zn/c1-3-5-6-8(4-2)7-9;2*1-4(2,3)5;/h7-8H,3-6H2,1-2H3;2*(H3,1,2,3,5);. The number of carbonyl (C=O) groups is 1. The molecule has 0 aromatic rings. The van der Waals surface area contributed by atoms with Crippen molar-refractivity contribution in [3.8, 4) is 0 Å². The molecule has 0 amide bonds. The number of aldehydes is 1. The van der Waals surface area contributed by atoms with Gasteiger partial charge in [-0.2, -0.15) is 0 Å². The molecule has 0 fully saturated rings. The topological polar surface area (TPSA) is 138 Å². The van der Waals surface area contributed by atoms with Gasteiger partial charge in [0.25, 0.3) is 0 Å². The third-order valence-electron chi connectivity index (χ3n) is 1.65. The van der Waals surface area contributed by atoms with Crippen LogP contribution in [-0.2, 0) is 47.9 Å². The molecule has 0 aromatic carbocycles. The summed E-state index contributed by atoms with van der Waals surface area (Å²) in [7, 11) is 0. The van der Waals surface area contributed by atoms with Crippen LogP contribution in [0.15, 0.2) is 0 Å². The summed E-state index contributed by atoms with van der Waals surface area (Å²) >= 11 is 7.21. The van der Waals surface area contributed by atoms with Gasteiger partial charge in [-0.05, 0) is 36.5 Å². The molecular formula is C8H22O7P2S2Zn. The summed E-state index contributed by atoms with van der Waals surface area (Å²) in [4.78, 5) is 55.6. The minimum Gasteiger partial charge on any atom is -0.325 e. The fourth-order valence-corrected chi connectivity index (χ4v) is 0.835. The van der Waals surface area contributed by atoms with E-state index in [1.807, 2.05) is 0 Å². The predicted octanol–water partition coefficient (Wildman–Crippen LogP) is 0.775. The molecule has 1 atom stereocenters. The minimum atomic E-state index is -3.81. The molecule has 0 radical (unpaired) electrons. The van der Waals surface area contributed by atoms with Crippen molar-refractivity contribution in [2.75, 3.05) is 0 Å². The van der Waals surface area contributed by atoms with Crippen LogP contribution in [0.25, 0.3) is 0 Å². The number of rotatable bonds is 5. The van der Waals surface area contributed by atoms with Gasteiger partial charge in [-0.1, -0.05) is 26.7 Å². The summed E-state index contributed by atoms with van der Waals surface area (Å²) in [5, 5.41) is 0. The molecule has 0 bridgehead atoms. The molecule has 0 spiro atoms. The van der Waals surface area contributed by atoms with Crippen LogP contribution in [0.5, 0.6) is 0 Å². The molecule has 0 aliphatic heterocycles. The van der Waals surface area contributed by atoms with E-state index in [1.54, 1.807) is 0 Å². The summed E-state index contributed by atoms with van der Waals surface area (Å²) in [6.07, 6.45) is 5.55. The maximum absolute atomic E-state index is 10.2. The van der Waals surface area contributed by atoms with Crippen LogP contribution in [0, 0.1) is 5.92 Å². The zero-order chi connectivity index (χ0) is 16.1. The minimum absolute atomic E-state index is 0. The van der Waals surface area contributed by atoms with E-state index in [0.29, 0.717) is 5.92 Å². The molecule has 0 aliphatic rings. The van der Waals surface area contributed by atoms with E-state index in [4.69, 9.17) is 29.4 Å². The quantitative estimate of drug-likeness (QED) is 0.216. The summed E-state index contributed by atoms with van der Waals surface area (Å²) in [6.45, 7) is -3.40. The zero-order valence-corrected chi connectivity index (χ0v) is 17.9. The Morgan fingerprint density at radius 3 is 1.45 bits per heavy atom. The Morgan fingerprint density at radius 2 is 1.30 bits per heavy atom. The Balaban J connectivity index is -0.000000101. The van der Waals surface area contributed by atoms with Crippen LogP contribution in [0.4, 0.5) is 0 Å². The molecular weight excluding hydrogens is 400 g/mol. The fourth-order valence-electron chi connectivity index (χ4n) is 0.835. The van der Waals surface area contributed by atoms with E-state index in [1.165, 1.54) is 12.8 Å². The Kier molecular flexibility index (Phi) is 24.6. The monoisotopic (exact) mass is 420 g/mol. The van der Waals surface area contributed by atoms with E-state index in [-0.39, 0.29) is 19.5 Å². The van der Waals surface area contributed by atoms with Crippen molar-refractivity contribution in [1.29, 1.82) is 0 Å². The van der Waals surface area contributed by atoms with Crippen LogP contribution in [0.1, 0.15) is 39.5 Å². The Morgan fingerprint density at radius 1 is 1.00 bits per heavy atom. The van der Waals surface area contributed by atoms with Gasteiger partial charge in [-0.3, -0.25) is 0 Å². The van der Waals surface area contributed by atoms with Gasteiger partial charge in [0, 0.05) is 25.4 Å². The largest absolute Gasteiger partial charge is 0.325 e. The Hall–Kier alpha value is 1.35. The predicted molar refractivity (Wildman–Crippen MR) is 81.3 cm³/mol. The van der Waals surface area contributed by atoms with E-state index in [2.05, 4.69) is 37.5 Å². The molecule has 120 valence electrons. The fraction of sp³-hybridized carbons (Fsp3) is 0.875. The first kappa shape index (κ1) is 29.4. The van der Waals surface area contributed by atoms with E-state index >= 15 is 0 Å². The van der Waals surface area contributed by atoms with E-state index in [9.17, 15) is 4.79 Å². The third-order valence-corrected chi connectivity index (χ3v) is 1.65. The Labute approximate surface area is 142 Å². The molecule has 0 saturated heterocycles. The van der Waals surface area contributed by atoms with Crippen molar-refractivity contribution in [3.05, 3.63) is 0 Å². The van der Waals surface area contributed by atoms with Gasteiger partial charge in [-0.25, -0.2) is 0 Å². The molecule has 12 heteroatoms. The van der Waals surface area contributed by atoms with Gasteiger partial charge < -0.3 is 34.2 Å². The second-order valence-electron chi connectivity index (χ2n) is 3.47. The molecule has 0 rings (SSSR count). The van der Waals surface area contributed by atoms with Crippen molar-refractivity contribution in [2.45, 2.75) is 39.5 Å². The van der Waals surface area contributed by atoms with Crippen LogP contribution in [-0.4, -0.2) is 35.6 Å². The second-order valence-corrected chi connectivity index (χ2v) is 8.47. The average Bonchev–Trinajstić information content (AvgIpc) is 2.14. The Bertz CT molecular complexity index is 271. The van der Waals surface area contributed by atoms with Gasteiger partial charge in [0.05, 0.1) is 0 Å². The summed E-state index contributed by atoms with van der Waals surface area (Å²) in [5.74, 6) is 0.324. The van der Waals surface area contributed by atoms with Crippen molar-refractivity contribution in [2.24, 2.45) is 5.92 Å². The molecule has 20 heavy (non-hydrogen) atoms. The molecule has 6 N–H and O–H groups in total. The van der Waals surface area contributed by atoms with Gasteiger partial charge in [0.2, 0.25) is 0 Å².